The lowest BCUT2D eigenvalue weighted by atomic mass is 10.0. The first-order chi connectivity index (χ1) is 12.2. The molecule has 134 valence electrons. The Kier molecular flexibility index (Phi) is 4.52. The Labute approximate surface area is 147 Å². The van der Waals surface area contributed by atoms with Gasteiger partial charge in [0.15, 0.2) is 0 Å². The van der Waals surface area contributed by atoms with E-state index in [9.17, 15) is 0 Å². The summed E-state index contributed by atoms with van der Waals surface area (Å²) in [6, 6.07) is 2.11. The molecule has 1 aliphatic heterocycles. The quantitative estimate of drug-likeness (QED) is 0.785. The minimum Gasteiger partial charge on any atom is -0.481 e. The second-order valence-electron chi connectivity index (χ2n) is 6.85. The maximum Gasteiger partial charge on any atom is 0.230 e. The number of likely N-dealkylation sites (tertiary alicyclic amines) is 1. The smallest absolute Gasteiger partial charge is 0.230 e. The van der Waals surface area contributed by atoms with E-state index in [-0.39, 0.29) is 0 Å². The van der Waals surface area contributed by atoms with Crippen LogP contribution < -0.4 is 9.64 Å². The van der Waals surface area contributed by atoms with Crippen LogP contribution in [0.5, 0.6) is 5.88 Å². The second kappa shape index (κ2) is 6.95. The van der Waals surface area contributed by atoms with Crippen LogP contribution in [0.3, 0.4) is 0 Å². The van der Waals surface area contributed by atoms with E-state index in [0.29, 0.717) is 30.3 Å². The van der Waals surface area contributed by atoms with E-state index in [1.54, 1.807) is 19.4 Å². The molecule has 0 aromatic carbocycles. The maximum absolute atomic E-state index is 5.80. The minimum absolute atomic E-state index is 0.353. The number of aromatic nitrogens is 4. The Morgan fingerprint density at radius 2 is 2.20 bits per heavy atom. The summed E-state index contributed by atoms with van der Waals surface area (Å²) in [5.41, 5.74) is 0. The number of rotatable bonds is 6. The van der Waals surface area contributed by atoms with Crippen molar-refractivity contribution in [2.24, 2.45) is 0 Å². The molecule has 2 aromatic rings. The Hall–Kier alpha value is -2.22. The number of ether oxygens (including phenoxy) is 1. The Morgan fingerprint density at radius 3 is 3.00 bits per heavy atom. The largest absolute Gasteiger partial charge is 0.481 e. The van der Waals surface area contributed by atoms with E-state index in [2.05, 4.69) is 30.0 Å². The van der Waals surface area contributed by atoms with Gasteiger partial charge in [0.25, 0.3) is 0 Å². The van der Waals surface area contributed by atoms with Crippen LogP contribution in [0.1, 0.15) is 43.4 Å². The highest BCUT2D eigenvalue weighted by Crippen LogP contribution is 2.39. The number of piperidine rings is 1. The summed E-state index contributed by atoms with van der Waals surface area (Å²) in [6.45, 7) is 2.69. The summed E-state index contributed by atoms with van der Waals surface area (Å²) in [4.78, 5) is 13.3. The van der Waals surface area contributed by atoms with Crippen LogP contribution >= 0.6 is 0 Å². The first-order valence-corrected chi connectivity index (χ1v) is 8.87. The highest BCUT2D eigenvalue weighted by Gasteiger charge is 2.30. The number of hydrogen-bond donors (Lipinski definition) is 0. The zero-order valence-corrected chi connectivity index (χ0v) is 14.8. The van der Waals surface area contributed by atoms with Crippen LogP contribution in [0.15, 0.2) is 16.7 Å². The van der Waals surface area contributed by atoms with Crippen LogP contribution in [0, 0.1) is 0 Å². The topological polar surface area (TPSA) is 80.4 Å². The zero-order chi connectivity index (χ0) is 17.2. The minimum atomic E-state index is 0.353. The van der Waals surface area contributed by atoms with Crippen LogP contribution in [0.25, 0.3) is 0 Å². The highest BCUT2D eigenvalue weighted by molar-refractivity contribution is 5.32. The monoisotopic (exact) mass is 344 g/mol. The summed E-state index contributed by atoms with van der Waals surface area (Å²) in [6.07, 6.45) is 6.33. The Balaban J connectivity index is 1.39. The number of likely N-dealkylation sites (N-methyl/N-ethyl adjacent to an activating group) is 1. The fraction of sp³-hybridized carbons (Fsp3) is 0.647. The molecule has 0 bridgehead atoms. The molecule has 2 aromatic heterocycles. The molecule has 3 heterocycles. The van der Waals surface area contributed by atoms with Gasteiger partial charge in [-0.15, -0.1) is 10.2 Å². The van der Waals surface area contributed by atoms with Crippen molar-refractivity contribution in [1.82, 2.24) is 25.1 Å². The molecule has 1 saturated heterocycles. The lowest BCUT2D eigenvalue weighted by molar-refractivity contribution is 0.180. The van der Waals surface area contributed by atoms with Gasteiger partial charge < -0.3 is 14.1 Å². The highest BCUT2D eigenvalue weighted by atomic mass is 16.5. The third-order valence-corrected chi connectivity index (χ3v) is 4.94. The molecular weight excluding hydrogens is 320 g/mol. The van der Waals surface area contributed by atoms with Gasteiger partial charge >= 0.3 is 0 Å². The van der Waals surface area contributed by atoms with Crippen LogP contribution in [-0.4, -0.2) is 58.4 Å². The van der Waals surface area contributed by atoms with Gasteiger partial charge in [-0.1, -0.05) is 0 Å². The summed E-state index contributed by atoms with van der Waals surface area (Å²) < 4.78 is 11.0. The van der Waals surface area contributed by atoms with Gasteiger partial charge in [0.2, 0.25) is 23.6 Å². The first kappa shape index (κ1) is 16.3. The van der Waals surface area contributed by atoms with Crippen LogP contribution in [0.2, 0.25) is 0 Å². The molecule has 0 radical (unpaired) electrons. The van der Waals surface area contributed by atoms with Crippen molar-refractivity contribution in [3.63, 3.8) is 0 Å². The van der Waals surface area contributed by atoms with Crippen LogP contribution in [-0.2, 0) is 6.54 Å². The molecule has 2 aliphatic rings. The molecule has 1 unspecified atom stereocenters. The summed E-state index contributed by atoms with van der Waals surface area (Å²) in [7, 11) is 3.66. The molecule has 4 rings (SSSR count). The van der Waals surface area contributed by atoms with E-state index >= 15 is 0 Å². The van der Waals surface area contributed by atoms with Crippen molar-refractivity contribution in [1.29, 1.82) is 0 Å². The molecule has 25 heavy (non-hydrogen) atoms. The molecule has 8 nitrogen and oxygen atoms in total. The lowest BCUT2D eigenvalue weighted by Gasteiger charge is -2.37. The van der Waals surface area contributed by atoms with Crippen molar-refractivity contribution in [2.75, 3.05) is 32.1 Å². The van der Waals surface area contributed by atoms with Crippen LogP contribution in [0.4, 0.5) is 5.95 Å². The Morgan fingerprint density at radius 1 is 1.32 bits per heavy atom. The van der Waals surface area contributed by atoms with Crippen molar-refractivity contribution in [2.45, 2.75) is 44.2 Å². The molecule has 0 spiro atoms. The molecule has 0 amide bonds. The van der Waals surface area contributed by atoms with Gasteiger partial charge in [-0.05, 0) is 32.2 Å². The normalized spacial score (nSPS) is 21.3. The predicted molar refractivity (Wildman–Crippen MR) is 91.6 cm³/mol. The fourth-order valence-electron chi connectivity index (χ4n) is 3.29. The van der Waals surface area contributed by atoms with Gasteiger partial charge in [0.05, 0.1) is 13.7 Å². The third kappa shape index (κ3) is 3.73. The summed E-state index contributed by atoms with van der Waals surface area (Å²) in [5, 5.41) is 8.39. The number of methoxy groups -OCH3 is 1. The van der Waals surface area contributed by atoms with E-state index in [1.807, 2.05) is 7.05 Å². The molecule has 2 fully saturated rings. The molecule has 0 N–H and O–H groups in total. The Bertz CT molecular complexity index is 717. The van der Waals surface area contributed by atoms with Gasteiger partial charge in [0.1, 0.15) is 0 Å². The number of hydrogen-bond acceptors (Lipinski definition) is 8. The molecule has 1 atom stereocenters. The van der Waals surface area contributed by atoms with Gasteiger partial charge in [-0.25, -0.2) is 4.98 Å². The van der Waals surface area contributed by atoms with E-state index in [1.165, 1.54) is 12.8 Å². The van der Waals surface area contributed by atoms with E-state index in [0.717, 1.165) is 37.7 Å². The molecule has 1 saturated carbocycles. The molecule has 1 aliphatic carbocycles. The maximum atomic E-state index is 5.80. The van der Waals surface area contributed by atoms with Gasteiger partial charge in [-0.2, -0.15) is 4.98 Å². The van der Waals surface area contributed by atoms with Gasteiger partial charge in [-0.3, -0.25) is 4.90 Å². The molecular formula is C17H24N6O2. The predicted octanol–water partition coefficient (Wildman–Crippen LogP) is 1.85. The van der Waals surface area contributed by atoms with Crippen molar-refractivity contribution < 1.29 is 9.15 Å². The van der Waals surface area contributed by atoms with Crippen molar-refractivity contribution in [3.05, 3.63) is 24.0 Å². The van der Waals surface area contributed by atoms with Crippen molar-refractivity contribution in [3.8, 4) is 5.88 Å². The number of anilines is 1. The third-order valence-electron chi connectivity index (χ3n) is 4.94. The SMILES string of the molecule is COc1ccnc(N(C)C2CCCN(Cc3nnc(C4CC4)o3)C2)n1. The van der Waals surface area contributed by atoms with Gasteiger partial charge in [0, 0.05) is 37.8 Å². The average molecular weight is 344 g/mol. The van der Waals surface area contributed by atoms with Crippen molar-refractivity contribution >= 4 is 5.95 Å². The van der Waals surface area contributed by atoms with E-state index in [4.69, 9.17) is 9.15 Å². The standard InChI is InChI=1S/C17H24N6O2/c1-22(17-18-8-7-14(19-17)24-2)13-4-3-9-23(10-13)11-15-20-21-16(25-15)12-5-6-12/h7-8,12-13H,3-6,9-11H2,1-2H3. The zero-order valence-electron chi connectivity index (χ0n) is 14.8. The van der Waals surface area contributed by atoms with E-state index < -0.39 is 0 Å². The lowest BCUT2D eigenvalue weighted by Crippen LogP contribution is -2.46. The second-order valence-corrected chi connectivity index (χ2v) is 6.85. The molecule has 8 heteroatoms. The average Bonchev–Trinajstić information content (AvgIpc) is 3.41. The fourth-order valence-corrected chi connectivity index (χ4v) is 3.29. The summed E-state index contributed by atoms with van der Waals surface area (Å²) in [5.74, 6) is 3.32. The summed E-state index contributed by atoms with van der Waals surface area (Å²) >= 11 is 0. The first-order valence-electron chi connectivity index (χ1n) is 8.87. The number of nitrogens with zero attached hydrogens (tertiary/aromatic N) is 6.